The van der Waals surface area contributed by atoms with Crippen molar-refractivity contribution >= 4 is 48.9 Å². The quantitative estimate of drug-likeness (QED) is 0.183. The van der Waals surface area contributed by atoms with Gasteiger partial charge in [0, 0.05) is 30.7 Å². The second kappa shape index (κ2) is 11.5. The predicted molar refractivity (Wildman–Crippen MR) is 123 cm³/mol. The number of halogens is 1. The summed E-state index contributed by atoms with van der Waals surface area (Å²) in [6.45, 7) is 0.295. The largest absolute Gasteiger partial charge is 0.748 e. The highest BCUT2D eigenvalue weighted by Gasteiger charge is 2.19. The van der Waals surface area contributed by atoms with E-state index in [1.807, 2.05) is 4.57 Å². The van der Waals surface area contributed by atoms with Crippen molar-refractivity contribution in [2.24, 2.45) is 0 Å². The Kier molecular flexibility index (Phi) is 8.89. The number of ether oxygens (including phenoxy) is 1. The Morgan fingerprint density at radius 2 is 1.89 bits per heavy atom. The highest BCUT2D eigenvalue weighted by Crippen LogP contribution is 2.34. The Labute approximate surface area is 212 Å². The molecule has 0 bridgehead atoms. The van der Waals surface area contributed by atoms with Gasteiger partial charge in [0.1, 0.15) is 33.0 Å². The number of carbonyl (C=O) groups is 1. The summed E-state index contributed by atoms with van der Waals surface area (Å²) < 4.78 is 80.1. The van der Waals surface area contributed by atoms with Crippen LogP contribution in [-0.2, 0) is 31.6 Å². The third kappa shape index (κ3) is 7.86. The van der Waals surface area contributed by atoms with E-state index in [4.69, 9.17) is 25.9 Å². The predicted octanol–water partition coefficient (Wildman–Crippen LogP) is 2.30. The number of rotatable bonds is 13. The molecule has 15 heteroatoms. The molecule has 0 radical (unpaired) electrons. The Morgan fingerprint density at radius 1 is 1.14 bits per heavy atom. The number of pyridine rings is 1. The molecule has 0 aliphatic heterocycles. The summed E-state index contributed by atoms with van der Waals surface area (Å²) in [6, 6.07) is 3.78. The molecule has 2 heterocycles. The summed E-state index contributed by atoms with van der Waals surface area (Å²) in [5.41, 5.74) is 0.555. The van der Waals surface area contributed by atoms with Gasteiger partial charge in [0.2, 0.25) is 5.89 Å². The zero-order valence-corrected chi connectivity index (χ0v) is 21.1. The number of nitrogens with zero attached hydrogens (tertiary/aromatic N) is 2. The van der Waals surface area contributed by atoms with Gasteiger partial charge in [-0.25, -0.2) is 26.4 Å². The van der Waals surface area contributed by atoms with Crippen molar-refractivity contribution in [2.75, 3.05) is 12.4 Å². The molecule has 0 fully saturated rings. The van der Waals surface area contributed by atoms with Crippen LogP contribution in [0.25, 0.3) is 22.6 Å². The molecule has 0 spiro atoms. The summed E-state index contributed by atoms with van der Waals surface area (Å²) in [5.74, 6) is -1.84. The van der Waals surface area contributed by atoms with E-state index in [-0.39, 0.29) is 42.2 Å². The van der Waals surface area contributed by atoms with E-state index in [9.17, 15) is 30.7 Å². The van der Waals surface area contributed by atoms with Crippen molar-refractivity contribution in [1.29, 1.82) is 0 Å². The molecule has 0 aliphatic carbocycles. The van der Waals surface area contributed by atoms with E-state index < -0.39 is 36.9 Å². The molecule has 0 aliphatic rings. The van der Waals surface area contributed by atoms with Gasteiger partial charge in [0.05, 0.1) is 27.2 Å². The summed E-state index contributed by atoms with van der Waals surface area (Å²) in [5, 5.41) is 8.98. The number of oxazole rings is 1. The Hall–Kier alpha value is -2.78. The van der Waals surface area contributed by atoms with Crippen LogP contribution in [0, 0.1) is 0 Å². The van der Waals surface area contributed by atoms with Gasteiger partial charge in [-0.05, 0) is 25.3 Å². The summed E-state index contributed by atoms with van der Waals surface area (Å²) in [4.78, 5) is 14.1. The van der Waals surface area contributed by atoms with E-state index in [1.54, 1.807) is 18.5 Å². The number of hydrogen-bond acceptors (Lipinski definition) is 10. The van der Waals surface area contributed by atoms with Crippen molar-refractivity contribution in [3.05, 3.63) is 35.6 Å². The maximum absolute atomic E-state index is 11.7. The third-order valence-corrected chi connectivity index (χ3v) is 6.97. The molecule has 1 N–H and O–H groups in total. The van der Waals surface area contributed by atoms with Gasteiger partial charge in [-0.15, -0.1) is 0 Å². The highest BCUT2D eigenvalue weighted by atomic mass is 35.5. The molecular weight excluding hydrogens is 540 g/mol. The fraction of sp³-hybridized carbons (Fsp3) is 0.381. The molecule has 1 aromatic carbocycles. The van der Waals surface area contributed by atoms with Crippen LogP contribution in [0.2, 0.25) is 5.02 Å². The van der Waals surface area contributed by atoms with Gasteiger partial charge in [-0.1, -0.05) is 11.6 Å². The monoisotopic (exact) mass is 561 g/mol. The lowest BCUT2D eigenvalue weighted by atomic mass is 10.2. The number of hydrogen-bond donors (Lipinski definition) is 1. The van der Waals surface area contributed by atoms with Crippen LogP contribution in [-0.4, -0.2) is 54.4 Å². The zero-order valence-electron chi connectivity index (χ0n) is 18.8. The summed E-state index contributed by atoms with van der Waals surface area (Å²) in [6.07, 6.45) is 5.37. The number of aromatic nitrogens is 2. The lowest BCUT2D eigenvalue weighted by Crippen LogP contribution is -2.32. The van der Waals surface area contributed by atoms with Crippen LogP contribution < -0.4 is 9.30 Å². The lowest BCUT2D eigenvalue weighted by Gasteiger charge is -2.14. The third-order valence-electron chi connectivity index (χ3n) is 5.03. The number of aryl methyl sites for hydroxylation is 1. The van der Waals surface area contributed by atoms with E-state index in [2.05, 4.69) is 4.98 Å². The van der Waals surface area contributed by atoms with Crippen LogP contribution in [0.3, 0.4) is 0 Å². The standard InChI is InChI=1S/C21H23ClN2O10S2/c22-15-13-24(7-3-1-2-5-20(25)26)8-6-14(15)21-23-16-11-19(36(30,31)32)18(12-17(16)34-21)33-9-4-10-35(27,28)29/h6,8,11-13H,1-5,7,9-10H2,(H2-,25,26,27,28,29,30,31,32)/p-1. The number of fused-ring (bicyclic) bond motifs is 1. The van der Waals surface area contributed by atoms with Crippen molar-refractivity contribution in [3.8, 4) is 17.2 Å². The van der Waals surface area contributed by atoms with Gasteiger partial charge >= 0.3 is 5.97 Å². The SMILES string of the molecule is O=C(O)CCCCC[n+]1ccc(-c2nc3cc(S(=O)(=O)[O-])c(OCCCS(=O)(=O)[O-])cc3o2)c(Cl)c1. The second-order valence-electron chi connectivity index (χ2n) is 7.85. The minimum Gasteiger partial charge on any atom is -0.748 e. The molecule has 3 rings (SSSR count). The smallest absolute Gasteiger partial charge is 0.303 e. The van der Waals surface area contributed by atoms with Crippen molar-refractivity contribution in [1.82, 2.24) is 4.98 Å². The van der Waals surface area contributed by atoms with Crippen LogP contribution in [0.5, 0.6) is 5.75 Å². The van der Waals surface area contributed by atoms with Gasteiger partial charge < -0.3 is 23.4 Å². The van der Waals surface area contributed by atoms with Gasteiger partial charge in [0.25, 0.3) is 0 Å². The molecule has 0 unspecified atom stereocenters. The number of carboxylic acids is 1. The number of aliphatic carboxylic acids is 1. The molecular formula is C21H22ClN2O10S2-. The van der Waals surface area contributed by atoms with Crippen LogP contribution in [0.1, 0.15) is 32.1 Å². The van der Waals surface area contributed by atoms with Crippen LogP contribution in [0.4, 0.5) is 0 Å². The lowest BCUT2D eigenvalue weighted by molar-refractivity contribution is -0.697. The molecule has 0 amide bonds. The molecule has 0 saturated heterocycles. The van der Waals surface area contributed by atoms with E-state index in [1.165, 1.54) is 0 Å². The van der Waals surface area contributed by atoms with Gasteiger partial charge in [-0.3, -0.25) is 4.79 Å². The molecule has 196 valence electrons. The molecule has 36 heavy (non-hydrogen) atoms. The minimum atomic E-state index is -4.98. The van der Waals surface area contributed by atoms with Crippen molar-refractivity contribution in [3.63, 3.8) is 0 Å². The Balaban J connectivity index is 1.80. The van der Waals surface area contributed by atoms with Gasteiger partial charge in [-0.2, -0.15) is 0 Å². The molecule has 3 aromatic rings. The van der Waals surface area contributed by atoms with E-state index >= 15 is 0 Å². The Bertz CT molecular complexity index is 1470. The fourth-order valence-corrected chi connectivity index (χ4v) is 4.71. The van der Waals surface area contributed by atoms with Gasteiger partial charge in [0.15, 0.2) is 18.0 Å². The molecule has 0 saturated carbocycles. The first kappa shape index (κ1) is 27.8. The van der Waals surface area contributed by atoms with Crippen LogP contribution >= 0.6 is 11.6 Å². The van der Waals surface area contributed by atoms with E-state index in [0.29, 0.717) is 23.6 Å². The topological polar surface area (TPSA) is 191 Å². The first-order valence-electron chi connectivity index (χ1n) is 10.7. The number of carboxylic acid groups (broad SMARTS) is 1. The van der Waals surface area contributed by atoms with E-state index in [0.717, 1.165) is 25.0 Å². The van der Waals surface area contributed by atoms with Crippen molar-refractivity contribution < 1.29 is 49.6 Å². The maximum atomic E-state index is 11.7. The molecule has 2 aromatic heterocycles. The molecule has 0 atom stereocenters. The number of unbranched alkanes of at least 4 members (excludes halogenated alkanes) is 2. The fourth-order valence-electron chi connectivity index (χ4n) is 3.35. The first-order valence-corrected chi connectivity index (χ1v) is 14.1. The highest BCUT2D eigenvalue weighted by molar-refractivity contribution is 7.86. The average Bonchev–Trinajstić information content (AvgIpc) is 3.17. The Morgan fingerprint density at radius 3 is 2.53 bits per heavy atom. The minimum absolute atomic E-state index is 0.0557. The normalized spacial score (nSPS) is 12.2. The summed E-state index contributed by atoms with van der Waals surface area (Å²) >= 11 is 6.39. The van der Waals surface area contributed by atoms with Crippen molar-refractivity contribution in [2.45, 2.75) is 43.5 Å². The average molecular weight is 562 g/mol. The van der Waals surface area contributed by atoms with Crippen LogP contribution in [0.15, 0.2) is 39.9 Å². The zero-order chi connectivity index (χ0) is 26.5. The number of benzene rings is 1. The second-order valence-corrected chi connectivity index (χ2v) is 11.1. The molecule has 12 nitrogen and oxygen atoms in total. The first-order chi connectivity index (χ1) is 16.8. The summed E-state index contributed by atoms with van der Waals surface area (Å²) in [7, 11) is -9.45. The maximum Gasteiger partial charge on any atom is 0.303 e.